The van der Waals surface area contributed by atoms with E-state index in [0.29, 0.717) is 6.04 Å². The number of carbonyl (C=O) groups excluding carboxylic acids is 1. The largest absolute Gasteiger partial charge is 0.305 e. The Morgan fingerprint density at radius 1 is 1.29 bits per heavy atom. The summed E-state index contributed by atoms with van der Waals surface area (Å²) in [4.78, 5) is 11.2. The van der Waals surface area contributed by atoms with Crippen LogP contribution in [0.2, 0.25) is 0 Å². The first kappa shape index (κ1) is 13.9. The fraction of sp³-hybridized carbons (Fsp3) is 0.533. The van der Waals surface area contributed by atoms with E-state index in [9.17, 15) is 4.79 Å². The Balaban J connectivity index is 2.40. The molecule has 0 aromatic heterocycles. The Kier molecular flexibility index (Phi) is 5.92. The van der Waals surface area contributed by atoms with E-state index < -0.39 is 0 Å². The topological polar surface area (TPSA) is 29.1 Å². The first-order chi connectivity index (χ1) is 8.13. The van der Waals surface area contributed by atoms with Gasteiger partial charge in [0.1, 0.15) is 5.78 Å². The molecule has 0 amide bonds. The van der Waals surface area contributed by atoms with Crippen molar-refractivity contribution < 1.29 is 4.79 Å². The van der Waals surface area contributed by atoms with E-state index in [0.717, 1.165) is 19.3 Å². The number of hydrogen-bond donors (Lipinski definition) is 1. The highest BCUT2D eigenvalue weighted by atomic mass is 16.1. The molecule has 1 rings (SSSR count). The second-order valence-corrected chi connectivity index (χ2v) is 4.63. The Bertz CT molecular complexity index is 334. The maximum absolute atomic E-state index is 11.2. The van der Waals surface area contributed by atoms with Crippen molar-refractivity contribution in [3.63, 3.8) is 0 Å². The molecule has 0 heterocycles. The quantitative estimate of drug-likeness (QED) is 0.784. The average molecular weight is 233 g/mol. The van der Waals surface area contributed by atoms with Crippen molar-refractivity contribution in [3.05, 3.63) is 35.9 Å². The van der Waals surface area contributed by atoms with E-state index in [-0.39, 0.29) is 11.8 Å². The number of Topliss-reactive ketones (excluding diaryl/α,β-unsaturated/α-hetero) is 1. The van der Waals surface area contributed by atoms with Crippen LogP contribution in [0.3, 0.4) is 0 Å². The first-order valence-electron chi connectivity index (χ1n) is 6.44. The van der Waals surface area contributed by atoms with Crippen LogP contribution in [-0.4, -0.2) is 17.9 Å². The molecule has 0 aliphatic heterocycles. The van der Waals surface area contributed by atoms with E-state index in [1.807, 2.05) is 13.0 Å². The van der Waals surface area contributed by atoms with Gasteiger partial charge in [-0.1, -0.05) is 37.3 Å². The molecule has 17 heavy (non-hydrogen) atoms. The molecule has 1 N–H and O–H groups in total. The second kappa shape index (κ2) is 7.23. The van der Waals surface area contributed by atoms with Crippen molar-refractivity contribution in [2.45, 2.75) is 52.1 Å². The highest BCUT2D eigenvalue weighted by molar-refractivity contribution is 5.80. The van der Waals surface area contributed by atoms with Gasteiger partial charge in [-0.3, -0.25) is 4.79 Å². The van der Waals surface area contributed by atoms with Gasteiger partial charge < -0.3 is 5.32 Å². The lowest BCUT2D eigenvalue weighted by molar-refractivity contribution is -0.118. The molecule has 1 aromatic rings. The number of hydrogen-bond acceptors (Lipinski definition) is 2. The number of nitrogens with one attached hydrogen (secondary N) is 1. The number of benzene rings is 1. The van der Waals surface area contributed by atoms with E-state index in [1.54, 1.807) is 6.92 Å². The van der Waals surface area contributed by atoms with E-state index in [2.05, 4.69) is 36.5 Å². The fourth-order valence-corrected chi connectivity index (χ4v) is 1.86. The molecule has 0 saturated carbocycles. The summed E-state index contributed by atoms with van der Waals surface area (Å²) in [5.74, 6) is 0.211. The third-order valence-corrected chi connectivity index (χ3v) is 3.21. The monoisotopic (exact) mass is 233 g/mol. The Hall–Kier alpha value is -1.15. The highest BCUT2D eigenvalue weighted by Crippen LogP contribution is 2.07. The van der Waals surface area contributed by atoms with Gasteiger partial charge in [-0.15, -0.1) is 0 Å². The number of aryl methyl sites for hydroxylation is 1. The van der Waals surface area contributed by atoms with Crippen molar-refractivity contribution in [3.8, 4) is 0 Å². The van der Waals surface area contributed by atoms with Gasteiger partial charge in [0.05, 0.1) is 6.04 Å². The zero-order chi connectivity index (χ0) is 12.7. The molecule has 0 aliphatic carbocycles. The lowest BCUT2D eigenvalue weighted by atomic mass is 10.0. The maximum Gasteiger partial charge on any atom is 0.146 e. The van der Waals surface area contributed by atoms with Crippen LogP contribution in [0.25, 0.3) is 0 Å². The van der Waals surface area contributed by atoms with Gasteiger partial charge in [0.2, 0.25) is 0 Å². The van der Waals surface area contributed by atoms with Crippen LogP contribution in [0.1, 0.15) is 39.2 Å². The van der Waals surface area contributed by atoms with Crippen molar-refractivity contribution in [1.29, 1.82) is 0 Å². The summed E-state index contributed by atoms with van der Waals surface area (Å²) in [5, 5.41) is 3.39. The van der Waals surface area contributed by atoms with Crippen molar-refractivity contribution >= 4 is 5.78 Å². The normalized spacial score (nSPS) is 14.3. The molecular formula is C15H23NO. The molecule has 2 nitrogen and oxygen atoms in total. The van der Waals surface area contributed by atoms with Gasteiger partial charge in [0.25, 0.3) is 0 Å². The molecule has 0 radical (unpaired) electrons. The Morgan fingerprint density at radius 3 is 2.47 bits per heavy atom. The second-order valence-electron chi connectivity index (χ2n) is 4.63. The van der Waals surface area contributed by atoms with Gasteiger partial charge >= 0.3 is 0 Å². The van der Waals surface area contributed by atoms with Crippen molar-refractivity contribution in [1.82, 2.24) is 5.32 Å². The molecule has 2 heteroatoms. The number of ketones is 1. The standard InChI is InChI=1S/C15H23NO/c1-4-15(16-12(2)13(3)17)11-10-14-8-6-5-7-9-14/h5-9,12,15-16H,4,10-11H2,1-3H3/t12-,15+/m0/s1. The molecule has 0 fully saturated rings. The maximum atomic E-state index is 11.2. The molecule has 0 aliphatic rings. The predicted octanol–water partition coefficient (Wildman–Crippen LogP) is 2.96. The van der Waals surface area contributed by atoms with Crippen LogP contribution in [0.4, 0.5) is 0 Å². The van der Waals surface area contributed by atoms with Crippen LogP contribution in [0.5, 0.6) is 0 Å². The van der Waals surface area contributed by atoms with Crippen LogP contribution in [0, 0.1) is 0 Å². The average Bonchev–Trinajstić information content (AvgIpc) is 2.35. The molecule has 0 unspecified atom stereocenters. The smallest absolute Gasteiger partial charge is 0.146 e. The number of carbonyl (C=O) groups is 1. The van der Waals surface area contributed by atoms with Crippen LogP contribution in [0.15, 0.2) is 30.3 Å². The third-order valence-electron chi connectivity index (χ3n) is 3.21. The van der Waals surface area contributed by atoms with Gasteiger partial charge in [-0.2, -0.15) is 0 Å². The summed E-state index contributed by atoms with van der Waals surface area (Å²) in [6.07, 6.45) is 3.21. The Morgan fingerprint density at radius 2 is 1.94 bits per heavy atom. The van der Waals surface area contributed by atoms with Crippen molar-refractivity contribution in [2.75, 3.05) is 0 Å². The minimum Gasteiger partial charge on any atom is -0.305 e. The third kappa shape index (κ3) is 5.14. The molecule has 2 atom stereocenters. The zero-order valence-corrected chi connectivity index (χ0v) is 11.1. The first-order valence-corrected chi connectivity index (χ1v) is 6.44. The zero-order valence-electron chi connectivity index (χ0n) is 11.1. The van der Waals surface area contributed by atoms with Crippen molar-refractivity contribution in [2.24, 2.45) is 0 Å². The van der Waals surface area contributed by atoms with E-state index in [1.165, 1.54) is 5.56 Å². The summed E-state index contributed by atoms with van der Waals surface area (Å²) in [5.41, 5.74) is 1.36. The summed E-state index contributed by atoms with van der Waals surface area (Å²) in [7, 11) is 0. The molecular weight excluding hydrogens is 210 g/mol. The SMILES string of the molecule is CC[C@H](CCc1ccccc1)N[C@@H](C)C(C)=O. The molecule has 0 saturated heterocycles. The molecule has 0 bridgehead atoms. The van der Waals surface area contributed by atoms with Gasteiger partial charge in [-0.25, -0.2) is 0 Å². The van der Waals surface area contributed by atoms with Gasteiger partial charge in [-0.05, 0) is 38.7 Å². The molecule has 1 aromatic carbocycles. The minimum absolute atomic E-state index is 0.0317. The van der Waals surface area contributed by atoms with Gasteiger partial charge in [0, 0.05) is 6.04 Å². The van der Waals surface area contributed by atoms with E-state index in [4.69, 9.17) is 0 Å². The predicted molar refractivity (Wildman–Crippen MR) is 72.1 cm³/mol. The summed E-state index contributed by atoms with van der Waals surface area (Å²) in [6, 6.07) is 10.9. The van der Waals surface area contributed by atoms with Crippen LogP contribution < -0.4 is 5.32 Å². The molecule has 0 spiro atoms. The van der Waals surface area contributed by atoms with Crippen LogP contribution >= 0.6 is 0 Å². The highest BCUT2D eigenvalue weighted by Gasteiger charge is 2.13. The minimum atomic E-state index is -0.0317. The van der Waals surface area contributed by atoms with Crippen LogP contribution in [-0.2, 0) is 11.2 Å². The summed E-state index contributed by atoms with van der Waals surface area (Å²) < 4.78 is 0. The molecule has 94 valence electrons. The summed E-state index contributed by atoms with van der Waals surface area (Å²) >= 11 is 0. The number of rotatable bonds is 7. The Labute approximate surface area is 104 Å². The lowest BCUT2D eigenvalue weighted by Crippen LogP contribution is -2.40. The van der Waals surface area contributed by atoms with Gasteiger partial charge in [0.15, 0.2) is 0 Å². The summed E-state index contributed by atoms with van der Waals surface area (Å²) in [6.45, 7) is 5.74. The fourth-order valence-electron chi connectivity index (χ4n) is 1.86. The van der Waals surface area contributed by atoms with E-state index >= 15 is 0 Å². The lowest BCUT2D eigenvalue weighted by Gasteiger charge is -2.20.